The lowest BCUT2D eigenvalue weighted by atomic mass is 10.1. The van der Waals surface area contributed by atoms with Gasteiger partial charge in [0.05, 0.1) is 5.25 Å². The van der Waals surface area contributed by atoms with Crippen LogP contribution in [0, 0.1) is 17.1 Å². The second-order valence-corrected chi connectivity index (χ2v) is 9.34. The summed E-state index contributed by atoms with van der Waals surface area (Å²) in [6.45, 7) is 0. The van der Waals surface area contributed by atoms with Gasteiger partial charge in [0.25, 0.3) is 5.91 Å². The molecule has 4 rings (SSSR count). The highest BCUT2D eigenvalue weighted by Gasteiger charge is 2.41. The maximum absolute atomic E-state index is 13.5. The highest BCUT2D eigenvalue weighted by molar-refractivity contribution is 8.05. The van der Waals surface area contributed by atoms with Crippen molar-refractivity contribution in [2.75, 3.05) is 10.2 Å². The molecule has 0 radical (unpaired) electrons. The second-order valence-electron chi connectivity index (χ2n) is 7.31. The van der Waals surface area contributed by atoms with Crippen molar-refractivity contribution in [3.8, 4) is 6.07 Å². The predicted molar refractivity (Wildman–Crippen MR) is 133 cm³/mol. The molecular weight excluding hydrogens is 496 g/mol. The molecule has 0 aliphatic carbocycles. The normalized spacial score (nSPS) is 16.8. The minimum Gasteiger partial charge on any atom is -0.321 e. The lowest BCUT2D eigenvalue weighted by Crippen LogP contribution is -2.31. The van der Waals surface area contributed by atoms with Gasteiger partial charge in [-0.05, 0) is 66.6 Å². The van der Waals surface area contributed by atoms with E-state index >= 15 is 0 Å². The van der Waals surface area contributed by atoms with Gasteiger partial charge in [0.2, 0.25) is 5.91 Å². The number of nitrogens with one attached hydrogen (secondary N) is 1. The quantitative estimate of drug-likeness (QED) is 0.327. The molecule has 1 fully saturated rings. The van der Waals surface area contributed by atoms with Gasteiger partial charge in [-0.25, -0.2) is 4.39 Å². The van der Waals surface area contributed by atoms with Crippen LogP contribution in [0.1, 0.15) is 5.56 Å². The first-order valence-electron chi connectivity index (χ1n) is 10.1. The Hall–Kier alpha value is -3.31. The van der Waals surface area contributed by atoms with E-state index < -0.39 is 17.0 Å². The lowest BCUT2D eigenvalue weighted by Gasteiger charge is -2.18. The largest absolute Gasteiger partial charge is 0.321 e. The van der Waals surface area contributed by atoms with Gasteiger partial charge in [-0.1, -0.05) is 53.2 Å². The van der Waals surface area contributed by atoms with Crippen molar-refractivity contribution >= 4 is 58.2 Å². The van der Waals surface area contributed by atoms with Crippen molar-refractivity contribution in [2.45, 2.75) is 11.7 Å². The van der Waals surface area contributed by atoms with Crippen LogP contribution in [-0.4, -0.2) is 17.1 Å². The third kappa shape index (κ3) is 5.10. The summed E-state index contributed by atoms with van der Waals surface area (Å²) < 4.78 is 13.5. The Bertz CT molecular complexity index is 1320. The first-order chi connectivity index (χ1) is 16.4. The average Bonchev–Trinajstić information content (AvgIpc) is 3.13. The van der Waals surface area contributed by atoms with E-state index in [4.69, 9.17) is 23.2 Å². The van der Waals surface area contributed by atoms with Crippen molar-refractivity contribution < 1.29 is 14.0 Å². The minimum atomic E-state index is -0.677. The molecule has 0 aromatic heterocycles. The SMILES string of the molecule is N#C/C(C(=O)Nc1ccccc1)=C1/S[C@@H](Cc2cc(Cl)ccc2Cl)C(=O)N1c1ccc(F)cc1. The Morgan fingerprint density at radius 2 is 1.79 bits per heavy atom. The van der Waals surface area contributed by atoms with Crippen molar-refractivity contribution in [1.29, 1.82) is 5.26 Å². The number of benzene rings is 3. The molecule has 1 atom stereocenters. The highest BCUT2D eigenvalue weighted by Crippen LogP contribution is 2.42. The molecule has 3 aromatic rings. The van der Waals surface area contributed by atoms with Crippen molar-refractivity contribution in [2.24, 2.45) is 0 Å². The zero-order valence-electron chi connectivity index (χ0n) is 17.5. The zero-order chi connectivity index (χ0) is 24.2. The van der Waals surface area contributed by atoms with E-state index in [0.29, 0.717) is 27.0 Å². The van der Waals surface area contributed by atoms with Crippen LogP contribution in [0.2, 0.25) is 10.0 Å². The Morgan fingerprint density at radius 1 is 1.09 bits per heavy atom. The van der Waals surface area contributed by atoms with Crippen LogP contribution < -0.4 is 10.2 Å². The molecule has 34 heavy (non-hydrogen) atoms. The molecular formula is C25H16Cl2FN3O2S. The minimum absolute atomic E-state index is 0.163. The van der Waals surface area contributed by atoms with E-state index in [9.17, 15) is 19.2 Å². The molecule has 1 N–H and O–H groups in total. The summed E-state index contributed by atoms with van der Waals surface area (Å²) in [5.74, 6) is -1.49. The second kappa shape index (κ2) is 10.3. The standard InChI is InChI=1S/C25H16Cl2FN3O2S/c26-16-6-11-21(27)15(12-16)13-22-24(33)31(19-9-7-17(28)8-10-19)25(34-22)20(14-29)23(32)30-18-4-2-1-3-5-18/h1-12,22H,13H2,(H,30,32)/b25-20-/t22-/m0/s1. The summed E-state index contributed by atoms with van der Waals surface area (Å²) in [7, 11) is 0. The molecule has 9 heteroatoms. The number of carbonyl (C=O) groups excluding carboxylic acids is 2. The van der Waals surface area contributed by atoms with E-state index in [1.165, 1.54) is 29.2 Å². The van der Waals surface area contributed by atoms with Gasteiger partial charge in [-0.15, -0.1) is 0 Å². The van der Waals surface area contributed by atoms with Crippen LogP contribution in [0.15, 0.2) is 83.4 Å². The van der Waals surface area contributed by atoms with Crippen LogP contribution in [0.4, 0.5) is 15.8 Å². The molecule has 1 aliphatic rings. The number of hydrogen-bond acceptors (Lipinski definition) is 4. The van der Waals surface area contributed by atoms with Gasteiger partial charge in [0.1, 0.15) is 22.5 Å². The van der Waals surface area contributed by atoms with Crippen LogP contribution in [0.3, 0.4) is 0 Å². The number of nitrogens with zero attached hydrogens (tertiary/aromatic N) is 2. The van der Waals surface area contributed by atoms with Crippen LogP contribution in [0.25, 0.3) is 0 Å². The van der Waals surface area contributed by atoms with E-state index in [0.717, 1.165) is 11.8 Å². The van der Waals surface area contributed by atoms with Gasteiger partial charge < -0.3 is 5.32 Å². The molecule has 2 amide bonds. The summed E-state index contributed by atoms with van der Waals surface area (Å²) in [6.07, 6.45) is 0.225. The topological polar surface area (TPSA) is 73.2 Å². The number of nitriles is 1. The van der Waals surface area contributed by atoms with E-state index in [2.05, 4.69) is 5.32 Å². The smallest absolute Gasteiger partial charge is 0.269 e. The Morgan fingerprint density at radius 3 is 2.47 bits per heavy atom. The summed E-state index contributed by atoms with van der Waals surface area (Å²) in [5, 5.41) is 13.0. The van der Waals surface area contributed by atoms with E-state index in [1.54, 1.807) is 48.5 Å². The van der Waals surface area contributed by atoms with E-state index in [1.807, 2.05) is 6.07 Å². The number of rotatable bonds is 5. The summed E-state index contributed by atoms with van der Waals surface area (Å²) in [5.41, 5.74) is 1.28. The van der Waals surface area contributed by atoms with Crippen molar-refractivity contribution in [1.82, 2.24) is 0 Å². The van der Waals surface area contributed by atoms with Crippen molar-refractivity contribution in [3.05, 3.63) is 105 Å². The fraction of sp³-hybridized carbons (Fsp3) is 0.0800. The Labute approximate surface area is 209 Å². The number of thioether (sulfide) groups is 1. The zero-order valence-corrected chi connectivity index (χ0v) is 19.8. The molecule has 1 heterocycles. The number of halogens is 3. The molecule has 1 saturated heterocycles. The fourth-order valence-electron chi connectivity index (χ4n) is 3.43. The molecule has 3 aromatic carbocycles. The Balaban J connectivity index is 1.74. The first kappa shape index (κ1) is 23.8. The van der Waals surface area contributed by atoms with Gasteiger partial charge in [-0.2, -0.15) is 5.26 Å². The summed E-state index contributed by atoms with van der Waals surface area (Å²) >= 11 is 13.5. The van der Waals surface area contributed by atoms with Gasteiger partial charge >= 0.3 is 0 Å². The summed E-state index contributed by atoms with van der Waals surface area (Å²) in [6, 6.07) is 20.8. The molecule has 0 bridgehead atoms. The average molecular weight is 512 g/mol. The first-order valence-corrected chi connectivity index (χ1v) is 11.7. The molecule has 0 unspecified atom stereocenters. The number of amides is 2. The third-order valence-corrected chi connectivity index (χ3v) is 6.90. The number of anilines is 2. The van der Waals surface area contributed by atoms with E-state index in [-0.39, 0.29) is 22.9 Å². The predicted octanol–water partition coefficient (Wildman–Crippen LogP) is 6.20. The number of hydrogen-bond donors (Lipinski definition) is 1. The number of carbonyl (C=O) groups is 2. The molecule has 1 aliphatic heterocycles. The Kier molecular flexibility index (Phi) is 7.23. The highest BCUT2D eigenvalue weighted by atomic mass is 35.5. The van der Waals surface area contributed by atoms with Crippen LogP contribution >= 0.6 is 35.0 Å². The van der Waals surface area contributed by atoms with Gasteiger partial charge in [-0.3, -0.25) is 14.5 Å². The van der Waals surface area contributed by atoms with Gasteiger partial charge in [0.15, 0.2) is 0 Å². The molecule has 5 nitrogen and oxygen atoms in total. The fourth-order valence-corrected chi connectivity index (χ4v) is 5.11. The van der Waals surface area contributed by atoms with Gasteiger partial charge in [0, 0.05) is 21.4 Å². The monoisotopic (exact) mass is 511 g/mol. The van der Waals surface area contributed by atoms with Crippen molar-refractivity contribution in [3.63, 3.8) is 0 Å². The molecule has 170 valence electrons. The maximum Gasteiger partial charge on any atom is 0.269 e. The third-order valence-electron chi connectivity index (χ3n) is 5.04. The summed E-state index contributed by atoms with van der Waals surface area (Å²) in [4.78, 5) is 27.7. The molecule has 0 spiro atoms. The maximum atomic E-state index is 13.5. The lowest BCUT2D eigenvalue weighted by molar-refractivity contribution is -0.117. The van der Waals surface area contributed by atoms with Crippen LogP contribution in [-0.2, 0) is 16.0 Å². The molecule has 0 saturated carbocycles. The van der Waals surface area contributed by atoms with Crippen LogP contribution in [0.5, 0.6) is 0 Å². The number of para-hydroxylation sites is 1.